The van der Waals surface area contributed by atoms with Crippen LogP contribution in [0.5, 0.6) is 0 Å². The fourth-order valence-corrected chi connectivity index (χ4v) is 4.67. The summed E-state index contributed by atoms with van der Waals surface area (Å²) < 4.78 is 5.31. The van der Waals surface area contributed by atoms with Gasteiger partial charge >= 0.3 is 5.97 Å². The zero-order valence-electron chi connectivity index (χ0n) is 17.4. The third kappa shape index (κ3) is 3.62. The molecule has 2 atom stereocenters. The Morgan fingerprint density at radius 3 is 2.39 bits per heavy atom. The van der Waals surface area contributed by atoms with Gasteiger partial charge in [-0.25, -0.2) is 9.79 Å². The number of aliphatic imine (C=N–C) groups is 1. The van der Waals surface area contributed by atoms with E-state index in [4.69, 9.17) is 4.74 Å². The summed E-state index contributed by atoms with van der Waals surface area (Å²) in [6, 6.07) is 7.67. The Bertz CT molecular complexity index is 850. The van der Waals surface area contributed by atoms with E-state index in [1.54, 1.807) is 11.8 Å². The molecule has 2 aliphatic rings. The van der Waals surface area contributed by atoms with E-state index in [1.165, 1.54) is 17.3 Å². The number of hydrogen-bond acceptors (Lipinski definition) is 5. The minimum atomic E-state index is -0.503. The summed E-state index contributed by atoms with van der Waals surface area (Å²) >= 11 is 1.48. The molecule has 0 spiro atoms. The summed E-state index contributed by atoms with van der Waals surface area (Å²) in [6.45, 7) is 12.4. The van der Waals surface area contributed by atoms with Gasteiger partial charge in [-0.1, -0.05) is 63.7 Å². The van der Waals surface area contributed by atoms with E-state index < -0.39 is 12.0 Å². The smallest absolute Gasteiger partial charge is 0.338 e. The molecule has 0 unspecified atom stereocenters. The first kappa shape index (κ1) is 20.6. The molecular weight excluding hydrogens is 372 g/mol. The molecular formula is C22H28N2O3S. The van der Waals surface area contributed by atoms with Crippen LogP contribution in [0, 0.1) is 0 Å². The Kier molecular flexibility index (Phi) is 5.71. The van der Waals surface area contributed by atoms with Crippen LogP contribution in [0.2, 0.25) is 0 Å². The van der Waals surface area contributed by atoms with Crippen LogP contribution in [0.15, 0.2) is 40.5 Å². The van der Waals surface area contributed by atoms with Crippen LogP contribution in [0.4, 0.5) is 0 Å². The Morgan fingerprint density at radius 2 is 1.86 bits per heavy atom. The van der Waals surface area contributed by atoms with Crippen molar-refractivity contribution in [1.82, 2.24) is 4.90 Å². The monoisotopic (exact) mass is 400 g/mol. The number of carbonyl (C=O) groups excluding carboxylic acids is 2. The number of amidine groups is 1. The molecule has 0 N–H and O–H groups in total. The minimum absolute atomic E-state index is 0.00504. The van der Waals surface area contributed by atoms with Crippen molar-refractivity contribution in [2.75, 3.05) is 6.61 Å². The second-order valence-corrected chi connectivity index (χ2v) is 9.28. The maximum absolute atomic E-state index is 13.1. The lowest BCUT2D eigenvalue weighted by atomic mass is 9.85. The Morgan fingerprint density at radius 1 is 1.21 bits per heavy atom. The zero-order valence-corrected chi connectivity index (χ0v) is 18.2. The number of rotatable bonds is 4. The first-order valence-electron chi connectivity index (χ1n) is 9.75. The van der Waals surface area contributed by atoms with Gasteiger partial charge in [0.25, 0.3) is 0 Å². The van der Waals surface area contributed by atoms with Gasteiger partial charge in [-0.15, -0.1) is 0 Å². The highest BCUT2D eigenvalue weighted by Gasteiger charge is 2.47. The highest BCUT2D eigenvalue weighted by Crippen LogP contribution is 2.44. The number of carbonyl (C=O) groups is 2. The Labute approximate surface area is 171 Å². The van der Waals surface area contributed by atoms with Crippen molar-refractivity contribution in [3.05, 3.63) is 46.7 Å². The first-order chi connectivity index (χ1) is 13.2. The van der Waals surface area contributed by atoms with Gasteiger partial charge in [-0.2, -0.15) is 0 Å². The van der Waals surface area contributed by atoms with Crippen molar-refractivity contribution in [2.45, 2.75) is 64.7 Å². The molecule has 0 radical (unpaired) electrons. The molecule has 1 aromatic rings. The number of hydrogen-bond donors (Lipinski definition) is 0. The van der Waals surface area contributed by atoms with E-state index in [2.05, 4.69) is 37.9 Å². The number of esters is 1. The molecule has 2 aliphatic heterocycles. The van der Waals surface area contributed by atoms with Gasteiger partial charge in [-0.3, -0.25) is 9.69 Å². The maximum atomic E-state index is 13.1. The Hall–Kier alpha value is -2.08. The molecule has 1 fully saturated rings. The van der Waals surface area contributed by atoms with Gasteiger partial charge in [-0.05, 0) is 36.8 Å². The molecule has 3 rings (SSSR count). The first-order valence-corrected chi connectivity index (χ1v) is 10.6. The molecule has 1 amide bonds. The maximum Gasteiger partial charge on any atom is 0.338 e. The average Bonchev–Trinajstić information content (AvgIpc) is 2.95. The molecule has 150 valence electrons. The molecule has 6 heteroatoms. The SMILES string of the molecule is CCOC(=O)C1=C(C)N=C2S[C@H](CC)C(=O)N2[C@@H]1c1ccc(C(C)(C)C)cc1. The summed E-state index contributed by atoms with van der Waals surface area (Å²) in [6.07, 6.45) is 0.725. The lowest BCUT2D eigenvalue weighted by molar-refractivity contribution is -0.139. The van der Waals surface area contributed by atoms with E-state index in [1.807, 2.05) is 26.0 Å². The molecule has 5 nitrogen and oxygen atoms in total. The number of thioether (sulfide) groups is 1. The number of ether oxygens (including phenoxy) is 1. The fraction of sp³-hybridized carbons (Fsp3) is 0.500. The van der Waals surface area contributed by atoms with E-state index in [-0.39, 0.29) is 23.2 Å². The van der Waals surface area contributed by atoms with Crippen molar-refractivity contribution < 1.29 is 14.3 Å². The van der Waals surface area contributed by atoms with E-state index in [0.29, 0.717) is 16.4 Å². The van der Waals surface area contributed by atoms with Gasteiger partial charge < -0.3 is 4.74 Å². The molecule has 2 heterocycles. The number of allylic oxidation sites excluding steroid dienone is 1. The number of amides is 1. The quantitative estimate of drug-likeness (QED) is 0.694. The van der Waals surface area contributed by atoms with Gasteiger partial charge in [0.15, 0.2) is 5.17 Å². The molecule has 28 heavy (non-hydrogen) atoms. The minimum Gasteiger partial charge on any atom is -0.463 e. The largest absolute Gasteiger partial charge is 0.463 e. The third-order valence-corrected chi connectivity index (χ3v) is 6.43. The molecule has 1 aromatic carbocycles. The lowest BCUT2D eigenvalue weighted by Crippen LogP contribution is -2.40. The summed E-state index contributed by atoms with van der Waals surface area (Å²) in [7, 11) is 0. The van der Waals surface area contributed by atoms with Crippen molar-refractivity contribution in [3.8, 4) is 0 Å². The molecule has 0 saturated carbocycles. The van der Waals surface area contributed by atoms with Gasteiger partial charge in [0.1, 0.15) is 0 Å². The van der Waals surface area contributed by atoms with Crippen molar-refractivity contribution >= 4 is 28.8 Å². The summed E-state index contributed by atoms with van der Waals surface area (Å²) in [5, 5.41) is 0.511. The van der Waals surface area contributed by atoms with Crippen LogP contribution >= 0.6 is 11.8 Å². The van der Waals surface area contributed by atoms with Crippen LogP contribution in [0.25, 0.3) is 0 Å². The third-order valence-electron chi connectivity index (χ3n) is 5.11. The molecule has 0 aliphatic carbocycles. The second-order valence-electron chi connectivity index (χ2n) is 8.11. The Balaban J connectivity index is 2.11. The predicted molar refractivity (Wildman–Crippen MR) is 113 cm³/mol. The highest BCUT2D eigenvalue weighted by atomic mass is 32.2. The van der Waals surface area contributed by atoms with E-state index in [9.17, 15) is 9.59 Å². The van der Waals surface area contributed by atoms with Crippen LogP contribution in [-0.2, 0) is 19.7 Å². The number of nitrogens with zero attached hydrogens (tertiary/aromatic N) is 2. The van der Waals surface area contributed by atoms with Gasteiger partial charge in [0, 0.05) is 0 Å². The summed E-state index contributed by atoms with van der Waals surface area (Å²) in [5.74, 6) is -0.407. The zero-order chi connectivity index (χ0) is 20.6. The van der Waals surface area contributed by atoms with E-state index in [0.717, 1.165) is 12.0 Å². The predicted octanol–water partition coefficient (Wildman–Crippen LogP) is 4.59. The summed E-state index contributed by atoms with van der Waals surface area (Å²) in [5.41, 5.74) is 3.19. The molecule has 0 bridgehead atoms. The lowest BCUT2D eigenvalue weighted by Gasteiger charge is -2.33. The van der Waals surface area contributed by atoms with Crippen molar-refractivity contribution in [3.63, 3.8) is 0 Å². The normalized spacial score (nSPS) is 22.3. The highest BCUT2D eigenvalue weighted by molar-refractivity contribution is 8.15. The van der Waals surface area contributed by atoms with Gasteiger partial charge in [0.05, 0.1) is 29.2 Å². The van der Waals surface area contributed by atoms with E-state index >= 15 is 0 Å². The fourth-order valence-electron chi connectivity index (χ4n) is 3.54. The topological polar surface area (TPSA) is 59.0 Å². The number of fused-ring (bicyclic) bond motifs is 1. The average molecular weight is 401 g/mol. The van der Waals surface area contributed by atoms with Gasteiger partial charge in [0.2, 0.25) is 5.91 Å². The van der Waals surface area contributed by atoms with Crippen LogP contribution in [-0.4, -0.2) is 33.8 Å². The van der Waals surface area contributed by atoms with Crippen molar-refractivity contribution in [1.29, 1.82) is 0 Å². The number of benzene rings is 1. The van der Waals surface area contributed by atoms with Crippen LogP contribution in [0.3, 0.4) is 0 Å². The van der Waals surface area contributed by atoms with Crippen molar-refractivity contribution in [2.24, 2.45) is 4.99 Å². The summed E-state index contributed by atoms with van der Waals surface area (Å²) in [4.78, 5) is 32.1. The molecule has 0 aromatic heterocycles. The van der Waals surface area contributed by atoms with Crippen LogP contribution < -0.4 is 0 Å². The molecule has 1 saturated heterocycles. The second kappa shape index (κ2) is 7.74. The van der Waals surface area contributed by atoms with Crippen LogP contribution in [0.1, 0.15) is 65.1 Å². The standard InChI is InChI=1S/C22H28N2O3S/c1-7-16-19(25)24-18(14-9-11-15(12-10-14)22(4,5)6)17(20(26)27-8-2)13(3)23-21(24)28-16/h9-12,16,18H,7-8H2,1-6H3/t16-,18-/m1/s1.